The van der Waals surface area contributed by atoms with Gasteiger partial charge in [-0.1, -0.05) is 87.3 Å². The van der Waals surface area contributed by atoms with Gasteiger partial charge in [0.2, 0.25) is 0 Å². The molecule has 0 spiro atoms. The number of rotatable bonds is 11. The van der Waals surface area contributed by atoms with Crippen molar-refractivity contribution in [1.29, 1.82) is 0 Å². The molecule has 0 aromatic heterocycles. The minimum absolute atomic E-state index is 0.204. The van der Waals surface area contributed by atoms with E-state index in [2.05, 4.69) is 19.1 Å². The summed E-state index contributed by atoms with van der Waals surface area (Å²) in [5.74, 6) is 0.949. The van der Waals surface area contributed by atoms with Crippen LogP contribution in [-0.4, -0.2) is 34.9 Å². The topological polar surface area (TPSA) is 20.3 Å². The molecule has 24 heavy (non-hydrogen) atoms. The van der Waals surface area contributed by atoms with Crippen LogP contribution < -0.4 is 0 Å². The average Bonchev–Trinajstić information content (AvgIpc) is 2.58. The number of aryl methyl sites for hydroxylation is 1. The van der Waals surface area contributed by atoms with Crippen LogP contribution in [0.4, 0.5) is 0 Å². The lowest BCUT2D eigenvalue weighted by molar-refractivity contribution is 0.0989. The van der Waals surface area contributed by atoms with Gasteiger partial charge < -0.3 is 4.90 Å². The van der Waals surface area contributed by atoms with Crippen LogP contribution in [0, 0.1) is 0 Å². The third-order valence-corrected chi connectivity index (χ3v) is 5.75. The lowest BCUT2D eigenvalue weighted by atomic mass is 10.0. The number of Topliss-reactive ketones (excluding diaryl/α,β-unsaturated/α-hetero) is 1. The van der Waals surface area contributed by atoms with Crippen molar-refractivity contribution in [1.82, 2.24) is 4.90 Å². The molecule has 0 aliphatic rings. The molecule has 0 atom stereocenters. The number of carbonyl (C=O) groups excluding carboxylic acids is 1. The minimum Gasteiger partial charge on any atom is -0.364 e. The number of thiocarbonyl (C=S) groups is 1. The number of hydrogen-bond donors (Lipinski definition) is 0. The molecule has 0 amide bonds. The third-order valence-electron chi connectivity index (χ3n) is 4.01. The Hall–Kier alpha value is -0.870. The van der Waals surface area contributed by atoms with Crippen LogP contribution in [0.3, 0.4) is 0 Å². The molecule has 0 aliphatic heterocycles. The highest BCUT2D eigenvalue weighted by molar-refractivity contribution is 8.22. The number of hydrogen-bond acceptors (Lipinski definition) is 3. The van der Waals surface area contributed by atoms with Crippen molar-refractivity contribution in [2.24, 2.45) is 0 Å². The molecule has 2 nitrogen and oxygen atoms in total. The van der Waals surface area contributed by atoms with Crippen molar-refractivity contribution in [3.8, 4) is 0 Å². The van der Waals surface area contributed by atoms with Crippen molar-refractivity contribution in [3.05, 3.63) is 35.4 Å². The standard InChI is InChI=1S/C20H31NOS2/c1-4-5-6-7-8-9-10-17-11-13-18(14-12-17)19(22)15-16-24-20(23)21(2)3/h11-14H,4-10,15-16H2,1-3H3. The van der Waals surface area contributed by atoms with Crippen molar-refractivity contribution in [3.63, 3.8) is 0 Å². The van der Waals surface area contributed by atoms with Crippen molar-refractivity contribution in [2.45, 2.75) is 58.3 Å². The van der Waals surface area contributed by atoms with Gasteiger partial charge in [-0.15, -0.1) is 0 Å². The van der Waals surface area contributed by atoms with E-state index in [9.17, 15) is 4.79 Å². The zero-order chi connectivity index (χ0) is 17.8. The predicted octanol–water partition coefficient (Wildman–Crippen LogP) is 5.74. The maximum absolute atomic E-state index is 12.2. The van der Waals surface area contributed by atoms with E-state index in [1.807, 2.05) is 31.1 Å². The van der Waals surface area contributed by atoms with Crippen LogP contribution >= 0.6 is 24.0 Å². The summed E-state index contributed by atoms with van der Waals surface area (Å²) >= 11 is 6.78. The first-order chi connectivity index (χ1) is 11.5. The summed E-state index contributed by atoms with van der Waals surface area (Å²) in [5, 5.41) is 0. The third kappa shape index (κ3) is 8.84. The van der Waals surface area contributed by atoms with Crippen LogP contribution in [0.2, 0.25) is 0 Å². The highest BCUT2D eigenvalue weighted by atomic mass is 32.2. The monoisotopic (exact) mass is 365 g/mol. The zero-order valence-corrected chi connectivity index (χ0v) is 17.0. The molecule has 1 aromatic rings. The number of ketones is 1. The van der Waals surface area contributed by atoms with Crippen molar-refractivity contribution >= 4 is 34.1 Å². The van der Waals surface area contributed by atoms with Crippen LogP contribution in [0.25, 0.3) is 0 Å². The van der Waals surface area contributed by atoms with Crippen LogP contribution in [0.1, 0.15) is 67.8 Å². The molecule has 0 radical (unpaired) electrons. The summed E-state index contributed by atoms with van der Waals surface area (Å²) in [6.45, 7) is 2.25. The fourth-order valence-electron chi connectivity index (χ4n) is 2.47. The quantitative estimate of drug-likeness (QED) is 0.283. The van der Waals surface area contributed by atoms with Crippen molar-refractivity contribution in [2.75, 3.05) is 19.8 Å². The molecule has 0 aliphatic carbocycles. The van der Waals surface area contributed by atoms with Crippen LogP contribution in [0.5, 0.6) is 0 Å². The highest BCUT2D eigenvalue weighted by Crippen LogP contribution is 2.14. The SMILES string of the molecule is CCCCCCCCc1ccc(C(=O)CCSC(=S)N(C)C)cc1. The van der Waals surface area contributed by atoms with Gasteiger partial charge in [0.15, 0.2) is 5.78 Å². The van der Waals surface area contributed by atoms with Gasteiger partial charge in [-0.3, -0.25) is 4.79 Å². The van der Waals surface area contributed by atoms with Gasteiger partial charge in [-0.05, 0) is 18.4 Å². The fourth-order valence-corrected chi connectivity index (χ4v) is 3.44. The summed E-state index contributed by atoms with van der Waals surface area (Å²) in [6, 6.07) is 8.17. The van der Waals surface area contributed by atoms with E-state index in [4.69, 9.17) is 12.2 Å². The molecule has 0 heterocycles. The van der Waals surface area contributed by atoms with Crippen LogP contribution in [0.15, 0.2) is 24.3 Å². The second-order valence-electron chi connectivity index (χ2n) is 6.40. The van der Waals surface area contributed by atoms with E-state index >= 15 is 0 Å². The van der Waals surface area contributed by atoms with Gasteiger partial charge >= 0.3 is 0 Å². The van der Waals surface area contributed by atoms with Gasteiger partial charge in [0.1, 0.15) is 4.32 Å². The maximum atomic E-state index is 12.2. The number of unbranched alkanes of at least 4 members (excludes halogenated alkanes) is 5. The molecule has 0 bridgehead atoms. The molecular formula is C20H31NOS2. The first-order valence-electron chi connectivity index (χ1n) is 9.00. The number of thioether (sulfide) groups is 1. The molecule has 0 fully saturated rings. The molecule has 0 saturated carbocycles. The number of nitrogens with zero attached hydrogens (tertiary/aromatic N) is 1. The summed E-state index contributed by atoms with van der Waals surface area (Å²) < 4.78 is 0.831. The Morgan fingerprint density at radius 2 is 1.67 bits per heavy atom. The minimum atomic E-state index is 0.204. The first kappa shape index (κ1) is 21.2. The first-order valence-corrected chi connectivity index (χ1v) is 10.4. The molecule has 4 heteroatoms. The average molecular weight is 366 g/mol. The molecule has 1 aromatic carbocycles. The summed E-state index contributed by atoms with van der Waals surface area (Å²) in [4.78, 5) is 14.1. The van der Waals surface area contributed by atoms with Crippen molar-refractivity contribution < 1.29 is 4.79 Å². The van der Waals surface area contributed by atoms with E-state index in [0.717, 1.165) is 22.1 Å². The lowest BCUT2D eigenvalue weighted by Gasteiger charge is -2.12. The fraction of sp³-hybridized carbons (Fsp3) is 0.600. The van der Waals surface area contributed by atoms with Gasteiger partial charge in [0.05, 0.1) is 0 Å². The normalized spacial score (nSPS) is 10.6. The van der Waals surface area contributed by atoms with E-state index < -0.39 is 0 Å². The van der Waals surface area contributed by atoms with Gasteiger partial charge in [-0.25, -0.2) is 0 Å². The Morgan fingerprint density at radius 3 is 2.29 bits per heavy atom. The second kappa shape index (κ2) is 12.5. The predicted molar refractivity (Wildman–Crippen MR) is 111 cm³/mol. The van der Waals surface area contributed by atoms with Gasteiger partial charge in [0, 0.05) is 31.8 Å². The number of carbonyl (C=O) groups is 1. The number of benzene rings is 1. The molecule has 0 saturated heterocycles. The Kier molecular flexibility index (Phi) is 11.0. The van der Waals surface area contributed by atoms with Crippen LogP contribution in [-0.2, 0) is 6.42 Å². The summed E-state index contributed by atoms with van der Waals surface area (Å²) in [6.07, 6.45) is 9.57. The molecule has 0 N–H and O–H groups in total. The molecule has 0 unspecified atom stereocenters. The van der Waals surface area contributed by atoms with Gasteiger partial charge in [-0.2, -0.15) is 0 Å². The largest absolute Gasteiger partial charge is 0.364 e. The molecule has 1 rings (SSSR count). The molecular weight excluding hydrogens is 334 g/mol. The summed E-state index contributed by atoms with van der Waals surface area (Å²) in [7, 11) is 3.86. The van der Waals surface area contributed by atoms with E-state index in [-0.39, 0.29) is 5.78 Å². The van der Waals surface area contributed by atoms with Gasteiger partial charge in [0.25, 0.3) is 0 Å². The Labute approximate surface area is 157 Å². The lowest BCUT2D eigenvalue weighted by Crippen LogP contribution is -2.16. The Bertz CT molecular complexity index is 497. The van der Waals surface area contributed by atoms with E-state index in [1.54, 1.807) is 11.8 Å². The summed E-state index contributed by atoms with van der Waals surface area (Å²) in [5.41, 5.74) is 2.16. The Morgan fingerprint density at radius 1 is 1.04 bits per heavy atom. The van der Waals surface area contributed by atoms with E-state index in [1.165, 1.54) is 44.1 Å². The second-order valence-corrected chi connectivity index (χ2v) is 8.13. The highest BCUT2D eigenvalue weighted by Gasteiger charge is 2.07. The smallest absolute Gasteiger partial charge is 0.163 e. The Balaban J connectivity index is 2.28. The maximum Gasteiger partial charge on any atom is 0.163 e. The van der Waals surface area contributed by atoms with E-state index in [0.29, 0.717) is 6.42 Å². The molecule has 134 valence electrons. The zero-order valence-electron chi connectivity index (χ0n) is 15.3.